The molecule has 0 aliphatic rings. The van der Waals surface area contributed by atoms with Gasteiger partial charge in [-0.25, -0.2) is 13.4 Å². The Morgan fingerprint density at radius 1 is 1.67 bits per heavy atom. The summed E-state index contributed by atoms with van der Waals surface area (Å²) < 4.78 is 22.5. The highest BCUT2D eigenvalue weighted by molar-refractivity contribution is 7.90. The van der Waals surface area contributed by atoms with Gasteiger partial charge in [-0.3, -0.25) is 0 Å². The van der Waals surface area contributed by atoms with Gasteiger partial charge in [-0.2, -0.15) is 0 Å². The Hall–Kier alpha value is -1.20. The van der Waals surface area contributed by atoms with E-state index in [0.717, 1.165) is 11.8 Å². The molecule has 0 amide bonds. The highest BCUT2D eigenvalue weighted by atomic mass is 32.2. The summed E-state index contributed by atoms with van der Waals surface area (Å²) in [6, 6.07) is 2.98. The van der Waals surface area contributed by atoms with E-state index in [-0.39, 0.29) is 11.1 Å². The van der Waals surface area contributed by atoms with E-state index in [9.17, 15) is 8.42 Å². The lowest BCUT2D eigenvalue weighted by Crippen LogP contribution is -2.10. The number of nitrogens with two attached hydrogens (primary N) is 1. The second-order valence-electron chi connectivity index (χ2n) is 3.33. The summed E-state index contributed by atoms with van der Waals surface area (Å²) in [6.45, 7) is 3.58. The zero-order chi connectivity index (χ0) is 11.5. The van der Waals surface area contributed by atoms with E-state index >= 15 is 0 Å². The summed E-state index contributed by atoms with van der Waals surface area (Å²) in [5.74, 6) is 0. The van der Waals surface area contributed by atoms with Crippen molar-refractivity contribution in [3.63, 3.8) is 0 Å². The van der Waals surface area contributed by atoms with Gasteiger partial charge in [0.15, 0.2) is 14.9 Å². The molecule has 0 radical (unpaired) electrons. The van der Waals surface area contributed by atoms with E-state index in [1.165, 1.54) is 12.3 Å². The SMILES string of the molecule is C=CC[C@@H](N)c1ccnc(S(C)(=O)=O)c1. The quantitative estimate of drug-likeness (QED) is 0.779. The van der Waals surface area contributed by atoms with E-state index in [0.29, 0.717) is 6.42 Å². The number of rotatable bonds is 4. The number of nitrogens with zero attached hydrogens (tertiary/aromatic N) is 1. The van der Waals surface area contributed by atoms with Gasteiger partial charge in [-0.15, -0.1) is 6.58 Å². The Morgan fingerprint density at radius 2 is 2.33 bits per heavy atom. The molecule has 0 spiro atoms. The molecule has 0 aromatic carbocycles. The number of sulfone groups is 1. The second kappa shape index (κ2) is 4.55. The van der Waals surface area contributed by atoms with Crippen molar-refractivity contribution in [2.45, 2.75) is 17.5 Å². The molecule has 1 heterocycles. The fourth-order valence-corrected chi connectivity index (χ4v) is 1.78. The van der Waals surface area contributed by atoms with Crippen LogP contribution in [0, 0.1) is 0 Å². The molecule has 0 fully saturated rings. The molecule has 0 aliphatic heterocycles. The molecule has 82 valence electrons. The van der Waals surface area contributed by atoms with Crippen LogP contribution >= 0.6 is 0 Å². The van der Waals surface area contributed by atoms with Gasteiger partial charge in [-0.05, 0) is 24.1 Å². The molecule has 0 unspecified atom stereocenters. The average molecular weight is 226 g/mol. The topological polar surface area (TPSA) is 73.0 Å². The molecule has 1 aromatic rings. The Kier molecular flexibility index (Phi) is 3.60. The Morgan fingerprint density at radius 3 is 2.87 bits per heavy atom. The van der Waals surface area contributed by atoms with Crippen LogP contribution < -0.4 is 5.73 Å². The van der Waals surface area contributed by atoms with Crippen molar-refractivity contribution in [3.05, 3.63) is 36.5 Å². The van der Waals surface area contributed by atoms with Gasteiger partial charge in [0.05, 0.1) is 0 Å². The zero-order valence-electron chi connectivity index (χ0n) is 8.55. The van der Waals surface area contributed by atoms with Crippen LogP contribution in [0.2, 0.25) is 0 Å². The summed E-state index contributed by atoms with van der Waals surface area (Å²) in [7, 11) is -3.27. The molecular weight excluding hydrogens is 212 g/mol. The van der Waals surface area contributed by atoms with E-state index in [1.54, 1.807) is 12.1 Å². The summed E-state index contributed by atoms with van der Waals surface area (Å²) in [6.07, 6.45) is 4.88. The minimum Gasteiger partial charge on any atom is -0.324 e. The molecule has 1 atom stereocenters. The molecule has 1 rings (SSSR count). The van der Waals surface area contributed by atoms with Crippen LogP contribution in [0.5, 0.6) is 0 Å². The Bertz CT molecular complexity index is 454. The summed E-state index contributed by atoms with van der Waals surface area (Å²) in [4.78, 5) is 3.78. The Labute approximate surface area is 89.8 Å². The summed E-state index contributed by atoms with van der Waals surface area (Å²) >= 11 is 0. The third kappa shape index (κ3) is 3.14. The molecule has 0 bridgehead atoms. The van der Waals surface area contributed by atoms with Crippen LogP contribution in [-0.4, -0.2) is 19.7 Å². The molecule has 1 aromatic heterocycles. The standard InChI is InChI=1S/C10H14N2O2S/c1-3-4-9(11)8-5-6-12-10(7-8)15(2,13)14/h3,5-7,9H,1,4,11H2,2H3/t9-/m1/s1. The Balaban J connectivity index is 3.08. The van der Waals surface area contributed by atoms with Crippen molar-refractivity contribution in [2.75, 3.05) is 6.26 Å². The third-order valence-corrected chi connectivity index (χ3v) is 2.97. The van der Waals surface area contributed by atoms with Crippen LogP contribution in [0.15, 0.2) is 36.0 Å². The van der Waals surface area contributed by atoms with Crippen molar-refractivity contribution in [2.24, 2.45) is 5.73 Å². The van der Waals surface area contributed by atoms with Crippen molar-refractivity contribution >= 4 is 9.84 Å². The van der Waals surface area contributed by atoms with Gasteiger partial charge in [0.2, 0.25) is 0 Å². The van der Waals surface area contributed by atoms with Crippen molar-refractivity contribution in [1.82, 2.24) is 4.98 Å². The molecule has 0 aliphatic carbocycles. The molecule has 2 N–H and O–H groups in total. The molecule has 0 saturated carbocycles. The molecular formula is C10H14N2O2S. The largest absolute Gasteiger partial charge is 0.324 e. The predicted octanol–water partition coefficient (Wildman–Crippen LogP) is 1.06. The van der Waals surface area contributed by atoms with Crippen LogP contribution in [0.1, 0.15) is 18.0 Å². The van der Waals surface area contributed by atoms with E-state index in [2.05, 4.69) is 11.6 Å². The normalized spacial score (nSPS) is 13.5. The minimum atomic E-state index is -3.27. The van der Waals surface area contributed by atoms with Gasteiger partial charge in [0, 0.05) is 18.5 Å². The number of aromatic nitrogens is 1. The van der Waals surface area contributed by atoms with E-state index in [4.69, 9.17) is 5.73 Å². The lowest BCUT2D eigenvalue weighted by Gasteiger charge is -2.09. The molecule has 4 nitrogen and oxygen atoms in total. The maximum absolute atomic E-state index is 11.2. The van der Waals surface area contributed by atoms with Gasteiger partial charge >= 0.3 is 0 Å². The van der Waals surface area contributed by atoms with Crippen LogP contribution in [-0.2, 0) is 9.84 Å². The molecule has 0 saturated heterocycles. The highest BCUT2D eigenvalue weighted by Crippen LogP contribution is 2.16. The number of pyridine rings is 1. The van der Waals surface area contributed by atoms with Crippen LogP contribution in [0.25, 0.3) is 0 Å². The maximum atomic E-state index is 11.2. The summed E-state index contributed by atoms with van der Waals surface area (Å²) in [5.41, 5.74) is 6.58. The van der Waals surface area contributed by atoms with Crippen molar-refractivity contribution in [1.29, 1.82) is 0 Å². The number of hydrogen-bond donors (Lipinski definition) is 1. The average Bonchev–Trinajstić information content (AvgIpc) is 2.17. The van der Waals surface area contributed by atoms with Gasteiger partial charge in [-0.1, -0.05) is 6.08 Å². The first-order chi connectivity index (χ1) is 6.95. The first-order valence-corrected chi connectivity index (χ1v) is 6.37. The lowest BCUT2D eigenvalue weighted by molar-refractivity contribution is 0.597. The minimum absolute atomic E-state index is 0.0551. The third-order valence-electron chi connectivity index (χ3n) is 1.99. The van der Waals surface area contributed by atoms with Crippen LogP contribution in [0.3, 0.4) is 0 Å². The van der Waals surface area contributed by atoms with Gasteiger partial charge in [0.25, 0.3) is 0 Å². The first kappa shape index (κ1) is 11.9. The zero-order valence-corrected chi connectivity index (χ0v) is 9.37. The van der Waals surface area contributed by atoms with E-state index < -0.39 is 9.84 Å². The fourth-order valence-electron chi connectivity index (χ4n) is 1.17. The van der Waals surface area contributed by atoms with Crippen molar-refractivity contribution < 1.29 is 8.42 Å². The number of hydrogen-bond acceptors (Lipinski definition) is 4. The highest BCUT2D eigenvalue weighted by Gasteiger charge is 2.11. The predicted molar refractivity (Wildman–Crippen MR) is 59.1 cm³/mol. The second-order valence-corrected chi connectivity index (χ2v) is 5.29. The lowest BCUT2D eigenvalue weighted by atomic mass is 10.1. The van der Waals surface area contributed by atoms with Gasteiger partial charge in [0.1, 0.15) is 0 Å². The summed E-state index contributed by atoms with van der Waals surface area (Å²) in [5, 5.41) is 0.0551. The molecule has 5 heteroatoms. The smallest absolute Gasteiger partial charge is 0.192 e. The fraction of sp³-hybridized carbons (Fsp3) is 0.300. The maximum Gasteiger partial charge on any atom is 0.192 e. The van der Waals surface area contributed by atoms with Crippen LogP contribution in [0.4, 0.5) is 0 Å². The molecule has 15 heavy (non-hydrogen) atoms. The van der Waals surface area contributed by atoms with E-state index in [1.807, 2.05) is 0 Å². The monoisotopic (exact) mass is 226 g/mol. The van der Waals surface area contributed by atoms with Crippen molar-refractivity contribution in [3.8, 4) is 0 Å². The van der Waals surface area contributed by atoms with Gasteiger partial charge < -0.3 is 5.73 Å². The first-order valence-electron chi connectivity index (χ1n) is 4.47.